The first-order valence-corrected chi connectivity index (χ1v) is 16.5. The number of aromatic nitrogens is 1. The summed E-state index contributed by atoms with van der Waals surface area (Å²) in [5.41, 5.74) is 0.0789. The molecule has 1 aliphatic heterocycles. The SMILES string of the molecule is CNC(=O)CN1CCC(COc2cc3nccc(Oc4ccc(NC(=O)C5(C(=O)Nc6ccc(C)c(F)c6)CC5)cc4F)c3cc2OC)CC1. The number of likely N-dealkylation sites (tertiary alicyclic amines) is 1. The average molecular weight is 688 g/mol. The largest absolute Gasteiger partial charge is 0.493 e. The van der Waals surface area contributed by atoms with Gasteiger partial charge in [0.25, 0.3) is 0 Å². The monoisotopic (exact) mass is 687 g/mol. The highest BCUT2D eigenvalue weighted by molar-refractivity contribution is 6.17. The lowest BCUT2D eigenvalue weighted by Gasteiger charge is -2.31. The van der Waals surface area contributed by atoms with Crippen molar-refractivity contribution in [2.45, 2.75) is 32.6 Å². The van der Waals surface area contributed by atoms with Gasteiger partial charge in [-0.3, -0.25) is 24.3 Å². The first kappa shape index (κ1) is 34.6. The Morgan fingerprint density at radius 3 is 2.18 bits per heavy atom. The Hall–Kier alpha value is -5.30. The third-order valence-electron chi connectivity index (χ3n) is 9.27. The van der Waals surface area contributed by atoms with Gasteiger partial charge in [0, 0.05) is 42.1 Å². The zero-order valence-electron chi connectivity index (χ0n) is 28.1. The molecule has 0 radical (unpaired) electrons. The molecule has 1 saturated heterocycles. The Kier molecular flexibility index (Phi) is 10.1. The number of halogens is 2. The fraction of sp³-hybridized carbons (Fsp3) is 0.351. The van der Waals surface area contributed by atoms with Crippen molar-refractivity contribution in [2.24, 2.45) is 11.3 Å². The molecule has 50 heavy (non-hydrogen) atoms. The van der Waals surface area contributed by atoms with Crippen molar-refractivity contribution in [3.05, 3.63) is 78.0 Å². The van der Waals surface area contributed by atoms with Crippen LogP contribution >= 0.6 is 0 Å². The number of ether oxygens (including phenoxy) is 3. The summed E-state index contributed by atoms with van der Waals surface area (Å²) in [5, 5.41) is 8.48. The van der Waals surface area contributed by atoms with E-state index < -0.39 is 28.9 Å². The van der Waals surface area contributed by atoms with E-state index in [-0.39, 0.29) is 23.0 Å². The quantitative estimate of drug-likeness (QED) is 0.159. The van der Waals surface area contributed by atoms with Crippen LogP contribution in [0, 0.1) is 29.9 Å². The highest BCUT2D eigenvalue weighted by Crippen LogP contribution is 2.48. The summed E-state index contributed by atoms with van der Waals surface area (Å²) >= 11 is 0. The van der Waals surface area contributed by atoms with Crippen LogP contribution in [-0.2, 0) is 14.4 Å². The maximum absolute atomic E-state index is 15.3. The Morgan fingerprint density at radius 2 is 1.56 bits per heavy atom. The van der Waals surface area contributed by atoms with E-state index in [9.17, 15) is 18.8 Å². The number of fused-ring (bicyclic) bond motifs is 1. The van der Waals surface area contributed by atoms with Crippen LogP contribution in [0.15, 0.2) is 60.8 Å². The molecule has 3 aromatic carbocycles. The maximum atomic E-state index is 15.3. The second-order valence-electron chi connectivity index (χ2n) is 12.7. The van der Waals surface area contributed by atoms with Gasteiger partial charge in [0.2, 0.25) is 17.7 Å². The van der Waals surface area contributed by atoms with Gasteiger partial charge in [-0.25, -0.2) is 8.78 Å². The number of nitrogens with zero attached hydrogens (tertiary/aromatic N) is 2. The van der Waals surface area contributed by atoms with E-state index >= 15 is 4.39 Å². The number of carbonyl (C=O) groups is 3. The summed E-state index contributed by atoms with van der Waals surface area (Å²) in [4.78, 5) is 44.4. The minimum absolute atomic E-state index is 0.00431. The number of hydrogen-bond donors (Lipinski definition) is 3. The minimum atomic E-state index is -1.32. The van der Waals surface area contributed by atoms with Crippen molar-refractivity contribution in [3.63, 3.8) is 0 Å². The molecule has 1 aromatic heterocycles. The number of aryl methyl sites for hydroxylation is 1. The summed E-state index contributed by atoms with van der Waals surface area (Å²) in [6.45, 7) is 4.12. The highest BCUT2D eigenvalue weighted by Gasteiger charge is 2.56. The second kappa shape index (κ2) is 14.7. The highest BCUT2D eigenvalue weighted by atomic mass is 19.1. The number of amides is 3. The fourth-order valence-corrected chi connectivity index (χ4v) is 5.92. The summed E-state index contributed by atoms with van der Waals surface area (Å²) in [6, 6.07) is 13.4. The van der Waals surface area contributed by atoms with Gasteiger partial charge in [-0.1, -0.05) is 6.07 Å². The molecule has 0 spiro atoms. The van der Waals surface area contributed by atoms with Crippen LogP contribution < -0.4 is 30.2 Å². The van der Waals surface area contributed by atoms with Gasteiger partial charge in [-0.05, 0) is 93.6 Å². The summed E-state index contributed by atoms with van der Waals surface area (Å²) in [5.74, 6) is -0.751. The topological polar surface area (TPSA) is 131 Å². The number of benzene rings is 3. The molecule has 1 saturated carbocycles. The number of methoxy groups -OCH3 is 1. The molecule has 2 heterocycles. The van der Waals surface area contributed by atoms with Crippen LogP contribution in [0.1, 0.15) is 31.2 Å². The molecule has 0 atom stereocenters. The maximum Gasteiger partial charge on any atom is 0.240 e. The smallest absolute Gasteiger partial charge is 0.240 e. The van der Waals surface area contributed by atoms with E-state index in [1.54, 1.807) is 50.5 Å². The van der Waals surface area contributed by atoms with E-state index in [0.29, 0.717) is 65.6 Å². The van der Waals surface area contributed by atoms with Gasteiger partial charge >= 0.3 is 0 Å². The molecule has 2 fully saturated rings. The first-order valence-electron chi connectivity index (χ1n) is 16.5. The first-order chi connectivity index (χ1) is 24.1. The Bertz CT molecular complexity index is 1930. The third-order valence-corrected chi connectivity index (χ3v) is 9.27. The Balaban J connectivity index is 1.09. The molecule has 2 aliphatic rings. The molecule has 1 aliphatic carbocycles. The van der Waals surface area contributed by atoms with Crippen molar-refractivity contribution >= 4 is 40.0 Å². The third kappa shape index (κ3) is 7.62. The molecular formula is C37H39F2N5O6. The van der Waals surface area contributed by atoms with Gasteiger partial charge in [0.05, 0.1) is 25.8 Å². The van der Waals surface area contributed by atoms with Gasteiger partial charge in [0.15, 0.2) is 23.1 Å². The van der Waals surface area contributed by atoms with Crippen LogP contribution in [0.5, 0.6) is 23.0 Å². The van der Waals surface area contributed by atoms with Crippen LogP contribution in [-0.4, -0.2) is 68.0 Å². The van der Waals surface area contributed by atoms with Crippen molar-refractivity contribution in [3.8, 4) is 23.0 Å². The number of hydrogen-bond acceptors (Lipinski definition) is 8. The van der Waals surface area contributed by atoms with Crippen molar-refractivity contribution in [1.29, 1.82) is 0 Å². The average Bonchev–Trinajstić information content (AvgIpc) is 3.93. The predicted octanol–water partition coefficient (Wildman–Crippen LogP) is 5.82. The zero-order chi connectivity index (χ0) is 35.4. The van der Waals surface area contributed by atoms with E-state index in [4.69, 9.17) is 14.2 Å². The predicted molar refractivity (Wildman–Crippen MR) is 184 cm³/mol. The van der Waals surface area contributed by atoms with Crippen LogP contribution in [0.25, 0.3) is 10.9 Å². The number of rotatable bonds is 12. The lowest BCUT2D eigenvalue weighted by molar-refractivity contribution is -0.131. The van der Waals surface area contributed by atoms with Crippen molar-refractivity contribution in [2.75, 3.05) is 51.0 Å². The normalized spacial score (nSPS) is 15.6. The molecule has 6 rings (SSSR count). The van der Waals surface area contributed by atoms with E-state index in [1.165, 1.54) is 25.3 Å². The van der Waals surface area contributed by atoms with E-state index in [2.05, 4.69) is 25.8 Å². The minimum Gasteiger partial charge on any atom is -0.493 e. The van der Waals surface area contributed by atoms with Crippen LogP contribution in [0.2, 0.25) is 0 Å². The number of carbonyl (C=O) groups excluding carboxylic acids is 3. The van der Waals surface area contributed by atoms with Crippen LogP contribution in [0.4, 0.5) is 20.2 Å². The Labute approximate surface area is 288 Å². The molecular weight excluding hydrogens is 648 g/mol. The van der Waals surface area contributed by atoms with Gasteiger partial charge in [-0.2, -0.15) is 0 Å². The van der Waals surface area contributed by atoms with Gasteiger partial charge < -0.3 is 30.2 Å². The number of piperidine rings is 1. The molecule has 11 nitrogen and oxygen atoms in total. The van der Waals surface area contributed by atoms with Crippen molar-refractivity contribution < 1.29 is 37.4 Å². The lowest BCUT2D eigenvalue weighted by atomic mass is 9.98. The molecule has 0 unspecified atom stereocenters. The van der Waals surface area contributed by atoms with Gasteiger partial charge in [-0.15, -0.1) is 0 Å². The lowest BCUT2D eigenvalue weighted by Crippen LogP contribution is -2.41. The number of pyridine rings is 1. The number of likely N-dealkylation sites (N-methyl/N-ethyl adjacent to an activating group) is 1. The molecule has 13 heteroatoms. The van der Waals surface area contributed by atoms with Gasteiger partial charge in [0.1, 0.15) is 17.0 Å². The standard InChI is InChI=1S/C37H39F2N5O6/c1-22-4-5-24(16-27(22)38)42-35(46)37(11-12-37)36(47)43-25-6-7-31(28(39)17-25)50-30-8-13-41-29-19-33(32(48-3)18-26(29)30)49-21-23-9-14-44(15-10-23)20-34(45)40-2/h4-8,13,16-19,23H,9-12,14-15,20-21H2,1-3H3,(H,40,45)(H,42,46)(H,43,47). The molecule has 3 N–H and O–H groups in total. The molecule has 262 valence electrons. The summed E-state index contributed by atoms with van der Waals surface area (Å²) < 4.78 is 47.1. The summed E-state index contributed by atoms with van der Waals surface area (Å²) in [6.07, 6.45) is 3.99. The second-order valence-corrected chi connectivity index (χ2v) is 12.7. The number of nitrogens with one attached hydrogen (secondary N) is 3. The summed E-state index contributed by atoms with van der Waals surface area (Å²) in [7, 11) is 3.17. The van der Waals surface area contributed by atoms with Crippen LogP contribution in [0.3, 0.4) is 0 Å². The zero-order valence-corrected chi connectivity index (χ0v) is 28.1. The fourth-order valence-electron chi connectivity index (χ4n) is 5.92. The molecule has 4 aromatic rings. The molecule has 0 bridgehead atoms. The number of anilines is 2. The van der Waals surface area contributed by atoms with E-state index in [0.717, 1.165) is 32.0 Å². The van der Waals surface area contributed by atoms with E-state index in [1.807, 2.05) is 0 Å². The Morgan fingerprint density at radius 1 is 0.880 bits per heavy atom. The van der Waals surface area contributed by atoms with Crippen molar-refractivity contribution in [1.82, 2.24) is 15.2 Å². The molecule has 3 amide bonds.